The third-order valence-corrected chi connectivity index (χ3v) is 11.0. The number of pyridine rings is 2. The molecule has 2 N–H and O–H groups in total. The number of halogens is 2. The van der Waals surface area contributed by atoms with E-state index in [0.29, 0.717) is 50.0 Å². The fraction of sp³-hybridized carbons (Fsp3) is 0.400. The number of H-pyrrole nitrogens is 1. The molecule has 11 nitrogen and oxygen atoms in total. The molecule has 2 aromatic carbocycles. The van der Waals surface area contributed by atoms with E-state index in [4.69, 9.17) is 42.1 Å². The number of carbonyl (C=O) groups excluding carboxylic acids is 2. The first-order valence-corrected chi connectivity index (χ1v) is 18.7. The Balaban J connectivity index is 0.00000481. The van der Waals surface area contributed by atoms with Gasteiger partial charge in [0.1, 0.15) is 28.1 Å². The molecule has 2 aromatic heterocycles. The number of amides is 1. The Bertz CT molecular complexity index is 1830. The van der Waals surface area contributed by atoms with Gasteiger partial charge in [-0.1, -0.05) is 47.5 Å². The second-order valence-corrected chi connectivity index (χ2v) is 14.5. The van der Waals surface area contributed by atoms with Gasteiger partial charge in [-0.3, -0.25) is 9.80 Å². The van der Waals surface area contributed by atoms with Gasteiger partial charge in [-0.25, -0.2) is 19.6 Å². The predicted octanol–water partition coefficient (Wildman–Crippen LogP) is 7.73. The Morgan fingerprint density at radius 1 is 0.962 bits per heavy atom. The van der Waals surface area contributed by atoms with Crippen LogP contribution in [0.3, 0.4) is 0 Å². The van der Waals surface area contributed by atoms with Crippen molar-refractivity contribution in [2.24, 2.45) is 5.92 Å². The first-order chi connectivity index (χ1) is 25.3. The third kappa shape index (κ3) is 9.21. The highest BCUT2D eigenvalue weighted by Crippen LogP contribution is 2.37. The molecule has 1 aliphatic carbocycles. The highest BCUT2D eigenvalue weighted by Gasteiger charge is 2.37. The zero-order valence-electron chi connectivity index (χ0n) is 29.6. The summed E-state index contributed by atoms with van der Waals surface area (Å²) in [6, 6.07) is 18.0. The van der Waals surface area contributed by atoms with Crippen LogP contribution >= 0.6 is 23.2 Å². The number of aromatic nitrogens is 2. The number of hydrogen-bond donors (Lipinski definition) is 0. The van der Waals surface area contributed by atoms with Crippen molar-refractivity contribution in [2.75, 3.05) is 31.6 Å². The molecule has 3 aliphatic heterocycles. The maximum absolute atomic E-state index is 13.8. The molecule has 2 bridgehead atoms. The van der Waals surface area contributed by atoms with E-state index in [1.807, 2.05) is 42.5 Å². The molecule has 0 radical (unpaired) electrons. The molecule has 4 aromatic rings. The van der Waals surface area contributed by atoms with Gasteiger partial charge < -0.3 is 24.4 Å². The van der Waals surface area contributed by atoms with E-state index >= 15 is 0 Å². The van der Waals surface area contributed by atoms with E-state index in [1.54, 1.807) is 48.8 Å². The molecule has 3 saturated heterocycles. The summed E-state index contributed by atoms with van der Waals surface area (Å²) in [5.41, 5.74) is 2.50. The molecular weight excluding hydrogens is 719 g/mol. The minimum atomic E-state index is -0.748. The van der Waals surface area contributed by atoms with Gasteiger partial charge >= 0.3 is 12.1 Å². The van der Waals surface area contributed by atoms with Crippen LogP contribution in [-0.2, 0) is 22.4 Å². The quantitative estimate of drug-likeness (QED) is 0.133. The van der Waals surface area contributed by atoms with Crippen molar-refractivity contribution in [1.29, 1.82) is 0 Å². The second kappa shape index (κ2) is 17.6. The van der Waals surface area contributed by atoms with E-state index in [0.717, 1.165) is 63.7 Å². The number of fused-ring (bicyclic) bond motifs is 3. The molecule has 0 unspecified atom stereocenters. The lowest BCUT2D eigenvalue weighted by Gasteiger charge is -2.44. The fourth-order valence-electron chi connectivity index (χ4n) is 7.37. The Morgan fingerprint density at radius 3 is 2.34 bits per heavy atom. The topological polar surface area (TPSA) is 135 Å². The zero-order valence-corrected chi connectivity index (χ0v) is 31.1. The SMILES string of the molecule is COc1ccc([C@H](Cc2c(Cl)c[nH+]cc2Cl)OC(=O)c2ccc(CN(C(=O)O[C@H]3CN4CCC3CC4)c3ccccn3)cc2)cc1OC1CCCC1.[OH-]. The molecule has 53 heavy (non-hydrogen) atoms. The predicted molar refractivity (Wildman–Crippen MR) is 199 cm³/mol. The van der Waals surface area contributed by atoms with Crippen LogP contribution in [0, 0.1) is 5.92 Å². The van der Waals surface area contributed by atoms with E-state index in [-0.39, 0.29) is 30.6 Å². The van der Waals surface area contributed by atoms with Crippen molar-refractivity contribution >= 4 is 41.1 Å². The van der Waals surface area contributed by atoms with Crippen molar-refractivity contribution in [3.8, 4) is 11.5 Å². The maximum Gasteiger partial charge on any atom is 0.416 e. The molecule has 13 heteroatoms. The van der Waals surface area contributed by atoms with Gasteiger partial charge in [0.25, 0.3) is 0 Å². The Morgan fingerprint density at radius 2 is 1.70 bits per heavy atom. The van der Waals surface area contributed by atoms with Crippen molar-refractivity contribution in [3.63, 3.8) is 0 Å². The van der Waals surface area contributed by atoms with Crippen molar-refractivity contribution in [2.45, 2.75) is 69.8 Å². The van der Waals surface area contributed by atoms with Crippen molar-refractivity contribution in [3.05, 3.63) is 112 Å². The van der Waals surface area contributed by atoms with Gasteiger partial charge in [0.2, 0.25) is 0 Å². The first kappa shape index (κ1) is 38.3. The summed E-state index contributed by atoms with van der Waals surface area (Å²) in [4.78, 5) is 38.7. The lowest BCUT2D eigenvalue weighted by molar-refractivity contribution is -0.377. The van der Waals surface area contributed by atoms with Crippen molar-refractivity contribution in [1.82, 2.24) is 9.88 Å². The number of nitrogens with one attached hydrogen (secondary N) is 1. The van der Waals surface area contributed by atoms with Crippen molar-refractivity contribution < 1.29 is 39.0 Å². The van der Waals surface area contributed by atoms with Gasteiger partial charge in [0, 0.05) is 24.7 Å². The molecule has 0 spiro atoms. The normalized spacial score (nSPS) is 19.9. The van der Waals surface area contributed by atoms with Crippen LogP contribution in [0.1, 0.15) is 71.7 Å². The molecule has 280 valence electrons. The van der Waals surface area contributed by atoms with E-state index < -0.39 is 18.2 Å². The van der Waals surface area contributed by atoms with E-state index in [2.05, 4.69) is 14.9 Å². The fourth-order valence-corrected chi connectivity index (χ4v) is 7.90. The Kier molecular flexibility index (Phi) is 12.7. The number of aromatic amines is 1. The number of ether oxygens (including phenoxy) is 4. The summed E-state index contributed by atoms with van der Waals surface area (Å²) < 4.78 is 24.3. The summed E-state index contributed by atoms with van der Waals surface area (Å²) in [5, 5.41) is 0.858. The van der Waals surface area contributed by atoms with E-state index in [1.165, 1.54) is 0 Å². The van der Waals surface area contributed by atoms with Crippen LogP contribution < -0.4 is 19.4 Å². The summed E-state index contributed by atoms with van der Waals surface area (Å²) in [7, 11) is 1.61. The van der Waals surface area contributed by atoms with E-state index in [9.17, 15) is 9.59 Å². The lowest BCUT2D eigenvalue weighted by Crippen LogP contribution is -2.53. The summed E-state index contributed by atoms with van der Waals surface area (Å²) in [6.45, 7) is 3.09. The lowest BCUT2D eigenvalue weighted by atomic mass is 9.86. The van der Waals surface area contributed by atoms with Gasteiger partial charge in [0.05, 0.1) is 25.3 Å². The average molecular weight is 764 g/mol. The van der Waals surface area contributed by atoms with Gasteiger partial charge in [-0.2, -0.15) is 0 Å². The number of piperidine rings is 3. The van der Waals surface area contributed by atoms with Gasteiger partial charge in [0.15, 0.2) is 23.9 Å². The van der Waals surface area contributed by atoms with Gasteiger partial charge in [-0.15, -0.1) is 0 Å². The monoisotopic (exact) mass is 762 g/mol. The minimum absolute atomic E-state index is 0. The maximum atomic E-state index is 13.8. The third-order valence-electron chi connectivity index (χ3n) is 10.3. The summed E-state index contributed by atoms with van der Waals surface area (Å²) in [5.74, 6) is 1.55. The second-order valence-electron chi connectivity index (χ2n) is 13.7. The van der Waals surface area contributed by atoms with Crippen LogP contribution in [-0.4, -0.2) is 66.4 Å². The molecule has 1 amide bonds. The number of benzene rings is 2. The largest absolute Gasteiger partial charge is 0.870 e. The summed E-state index contributed by atoms with van der Waals surface area (Å²) in [6.07, 6.45) is 10.2. The van der Waals surface area contributed by atoms with Gasteiger partial charge in [-0.05, 0) is 105 Å². The number of rotatable bonds is 12. The average Bonchev–Trinajstić information content (AvgIpc) is 3.69. The van der Waals surface area contributed by atoms with Crippen LogP contribution in [0.2, 0.25) is 10.0 Å². The minimum Gasteiger partial charge on any atom is -0.870 e. The zero-order chi connectivity index (χ0) is 36.0. The first-order valence-electron chi connectivity index (χ1n) is 17.9. The number of anilines is 1. The Hall–Kier alpha value is -4.42. The number of carbonyl (C=O) groups is 2. The number of nitrogens with zero attached hydrogens (tertiary/aromatic N) is 3. The Labute approximate surface area is 319 Å². The van der Waals surface area contributed by atoms with Crippen LogP contribution in [0.5, 0.6) is 11.5 Å². The molecule has 2 atom stereocenters. The van der Waals surface area contributed by atoms with Crippen LogP contribution in [0.4, 0.5) is 10.6 Å². The number of hydrogen-bond acceptors (Lipinski definition) is 9. The highest BCUT2D eigenvalue weighted by molar-refractivity contribution is 6.35. The van der Waals surface area contributed by atoms with Crippen LogP contribution in [0.15, 0.2) is 79.3 Å². The number of esters is 1. The molecular formula is C40H44Cl2N4O7. The van der Waals surface area contributed by atoms with Crippen LogP contribution in [0.25, 0.3) is 0 Å². The molecule has 4 fully saturated rings. The molecule has 8 rings (SSSR count). The highest BCUT2D eigenvalue weighted by atomic mass is 35.5. The molecule has 5 heterocycles. The molecule has 4 aliphatic rings. The smallest absolute Gasteiger partial charge is 0.416 e. The standard InChI is InChI=1S/C40H42Cl2N4O6.H2O/c1-49-34-14-13-29(20-36(34)50-30-6-2-3-7-30)35(21-31-32(41)22-43-23-33(31)42)51-39(47)28-11-9-26(10-12-28)24-46(38-8-4-5-17-44-38)40(48)52-37-25-45-18-15-27(37)16-19-45;/h4-5,8-14,17,20,22-23,27,30,35,37H,2-3,6-7,15-16,18-19,21,24-25H2,1H3;1H2/t35-,37-;/m0./s1. The molecule has 1 saturated carbocycles. The number of methoxy groups -OCH3 is 1. The summed E-state index contributed by atoms with van der Waals surface area (Å²) >= 11 is 13.1.